The first-order valence-corrected chi connectivity index (χ1v) is 18.8. The van der Waals surface area contributed by atoms with E-state index >= 15 is 0 Å². The quantitative estimate of drug-likeness (QED) is 0.0597. The third-order valence-corrected chi connectivity index (χ3v) is 9.48. The molecule has 0 fully saturated rings. The summed E-state index contributed by atoms with van der Waals surface area (Å²) in [5, 5.41) is 23.9. The van der Waals surface area contributed by atoms with Crippen LogP contribution in [0.2, 0.25) is 0 Å². The van der Waals surface area contributed by atoms with Crippen LogP contribution in [0.5, 0.6) is 0 Å². The first kappa shape index (κ1) is 38.7. The molecule has 0 N–H and O–H groups in total. The van der Waals surface area contributed by atoms with E-state index in [1.807, 2.05) is 24.3 Å². The molecule has 0 unspecified atom stereocenters. The van der Waals surface area contributed by atoms with Crippen LogP contribution < -0.4 is 0 Å². The fourth-order valence-electron chi connectivity index (χ4n) is 6.07. The van der Waals surface area contributed by atoms with Crippen molar-refractivity contribution in [3.05, 3.63) is 152 Å². The summed E-state index contributed by atoms with van der Waals surface area (Å²) in [6.07, 6.45) is 7.49. The van der Waals surface area contributed by atoms with Gasteiger partial charge in [0.05, 0.1) is 23.3 Å². The Kier molecular flexibility index (Phi) is 13.9. The van der Waals surface area contributed by atoms with Gasteiger partial charge in [0.25, 0.3) is 0 Å². The minimum Gasteiger partial charge on any atom is -0.192 e. The average Bonchev–Trinajstić information content (AvgIpc) is 3.07. The molecule has 0 saturated carbocycles. The van der Waals surface area contributed by atoms with Crippen LogP contribution in [0.4, 0.5) is 0 Å². The second kappa shape index (κ2) is 17.6. The monoisotopic (exact) mass is 662 g/mol. The molecule has 0 aliphatic rings. The third-order valence-electron chi connectivity index (χ3n) is 9.48. The number of rotatable bonds is 6. The van der Waals surface area contributed by atoms with E-state index < -0.39 is 0 Å². The van der Waals surface area contributed by atoms with E-state index in [0.29, 0.717) is 5.57 Å². The lowest BCUT2D eigenvalue weighted by molar-refractivity contribution is 1.17. The Morgan fingerprint density at radius 1 is 0.612 bits per heavy atom. The van der Waals surface area contributed by atoms with Gasteiger partial charge < -0.3 is 0 Å². The van der Waals surface area contributed by atoms with Crippen LogP contribution in [0.1, 0.15) is 72.3 Å². The summed E-state index contributed by atoms with van der Waals surface area (Å²) in [6.45, 7) is 29.0. The molecule has 5 aromatic carbocycles. The molecule has 5 rings (SSSR count). The number of hydrogen-bond donors (Lipinski definition) is 0. The molecule has 49 heavy (non-hydrogen) atoms. The average molecular weight is 663 g/mol. The van der Waals surface area contributed by atoms with Crippen LogP contribution in [0.3, 0.4) is 0 Å². The van der Waals surface area contributed by atoms with Crippen LogP contribution in [0.15, 0.2) is 79.9 Å². The molecular weight excluding hydrogens is 611 g/mol. The van der Waals surface area contributed by atoms with Gasteiger partial charge >= 0.3 is 0 Å². The van der Waals surface area contributed by atoms with Gasteiger partial charge in [-0.15, -0.1) is 21.7 Å². The topological polar surface area (TPSA) is 47.6 Å². The lowest BCUT2D eigenvalue weighted by Gasteiger charge is -2.16. The van der Waals surface area contributed by atoms with E-state index in [1.54, 1.807) is 0 Å². The number of hydrogen-bond acceptors (Lipinski definition) is 2. The van der Waals surface area contributed by atoms with Gasteiger partial charge in [-0.1, -0.05) is 54.6 Å². The fourth-order valence-corrected chi connectivity index (χ4v) is 6.07. The highest BCUT2D eigenvalue weighted by Crippen LogP contribution is 2.35. The van der Waals surface area contributed by atoms with Crippen molar-refractivity contribution in [2.45, 2.75) is 68.2 Å². The number of fused-ring (bicyclic) bond motifs is 3. The molecule has 5 aromatic rings. The maximum Gasteiger partial charge on any atom is 0.0998 e. The normalized spacial score (nSPS) is 10.7. The summed E-state index contributed by atoms with van der Waals surface area (Å²) in [5.74, 6) is 0. The summed E-state index contributed by atoms with van der Waals surface area (Å²) in [7, 11) is 1.08. The predicted molar refractivity (Wildman–Crippen MR) is 218 cm³/mol. The number of nitriles is 2. The minimum atomic E-state index is 0.696. The molecule has 0 aromatic heterocycles. The standard InChI is InChI=1S/C22H21N.C22H23N.C2H7P/c1-6-7-18-16(5)15(4)10-21-20-9-14(3)13(2)8-19(20)17(12-23)11-22(18)21;1-6-7-22-18(5)16(3)9-11-20(22)13-21(14-23)19-10-8-15(2)17(4)12-19;1-3-2/h6,8-11H,1,7H2,2-5H3;6,8-13H,1,7H2,2-5H3;3H,1-2H3/b;21-13-;. The second-order valence-corrected chi connectivity index (χ2v) is 13.9. The molecule has 3 heteroatoms. The van der Waals surface area contributed by atoms with Crippen LogP contribution in [0, 0.1) is 78.1 Å². The van der Waals surface area contributed by atoms with Gasteiger partial charge in [-0.2, -0.15) is 10.5 Å². The summed E-state index contributed by atoms with van der Waals surface area (Å²) in [4.78, 5) is 0. The van der Waals surface area contributed by atoms with Gasteiger partial charge in [0, 0.05) is 5.39 Å². The minimum absolute atomic E-state index is 0.696. The van der Waals surface area contributed by atoms with Gasteiger partial charge in [0.1, 0.15) is 0 Å². The van der Waals surface area contributed by atoms with E-state index in [0.717, 1.165) is 43.5 Å². The van der Waals surface area contributed by atoms with Crippen molar-refractivity contribution in [1.82, 2.24) is 0 Å². The van der Waals surface area contributed by atoms with Gasteiger partial charge in [-0.25, -0.2) is 0 Å². The Bertz CT molecular complexity index is 2150. The van der Waals surface area contributed by atoms with Crippen molar-refractivity contribution in [3.8, 4) is 12.1 Å². The van der Waals surface area contributed by atoms with E-state index in [2.05, 4.69) is 143 Å². The van der Waals surface area contributed by atoms with Crippen molar-refractivity contribution in [2.75, 3.05) is 13.3 Å². The smallest absolute Gasteiger partial charge is 0.0998 e. The molecular formula is C46H51N2P. The zero-order valence-electron chi connectivity index (χ0n) is 31.2. The van der Waals surface area contributed by atoms with Crippen molar-refractivity contribution >= 4 is 41.8 Å². The van der Waals surface area contributed by atoms with Crippen molar-refractivity contribution in [1.29, 1.82) is 10.5 Å². The molecule has 0 bridgehead atoms. The van der Waals surface area contributed by atoms with Crippen LogP contribution in [-0.2, 0) is 12.8 Å². The largest absolute Gasteiger partial charge is 0.192 e. The van der Waals surface area contributed by atoms with Crippen LogP contribution in [0.25, 0.3) is 33.2 Å². The number of aryl methyl sites for hydroxylation is 6. The summed E-state index contributed by atoms with van der Waals surface area (Å²) < 4.78 is 0. The van der Waals surface area contributed by atoms with Gasteiger partial charge in [-0.05, 0) is 183 Å². The molecule has 0 atom stereocenters. The summed E-state index contributed by atoms with van der Waals surface area (Å²) in [6, 6.07) is 23.8. The molecule has 0 aliphatic heterocycles. The highest BCUT2D eigenvalue weighted by Gasteiger charge is 2.14. The number of allylic oxidation sites excluding steroid dienone is 3. The molecule has 0 spiro atoms. The Morgan fingerprint density at radius 2 is 1.12 bits per heavy atom. The lowest BCUT2D eigenvalue weighted by Crippen LogP contribution is -1.96. The maximum atomic E-state index is 9.63. The SMILES string of the molecule is C=CCc1c(/C=C(/C#N)c2ccc(C)c(C)c2)ccc(C)c1C.C=CCc1c(C)c(C)cc2c1cc(C#N)c1cc(C)c(C)cc12.CPC. The number of nitrogens with zero attached hydrogens (tertiary/aromatic N) is 2. The Balaban J connectivity index is 0.000000246. The van der Waals surface area contributed by atoms with E-state index in [1.165, 1.54) is 71.8 Å². The highest BCUT2D eigenvalue weighted by atomic mass is 31.1. The van der Waals surface area contributed by atoms with E-state index in [4.69, 9.17) is 0 Å². The molecule has 0 saturated heterocycles. The molecule has 0 aliphatic carbocycles. The third kappa shape index (κ3) is 8.84. The van der Waals surface area contributed by atoms with Gasteiger partial charge in [0.2, 0.25) is 0 Å². The van der Waals surface area contributed by atoms with Crippen molar-refractivity contribution < 1.29 is 0 Å². The van der Waals surface area contributed by atoms with Gasteiger partial charge in [-0.3, -0.25) is 0 Å². The van der Waals surface area contributed by atoms with Crippen LogP contribution >= 0.6 is 8.58 Å². The van der Waals surface area contributed by atoms with Crippen molar-refractivity contribution in [2.24, 2.45) is 0 Å². The van der Waals surface area contributed by atoms with E-state index in [-0.39, 0.29) is 0 Å². The van der Waals surface area contributed by atoms with Gasteiger partial charge in [0.15, 0.2) is 0 Å². The Labute approximate surface area is 297 Å². The molecule has 0 radical (unpaired) electrons. The maximum absolute atomic E-state index is 9.63. The molecule has 0 heterocycles. The highest BCUT2D eigenvalue weighted by molar-refractivity contribution is 7.35. The summed E-state index contributed by atoms with van der Waals surface area (Å²) in [5.41, 5.74) is 16.1. The molecule has 250 valence electrons. The molecule has 0 amide bonds. The zero-order chi connectivity index (χ0) is 36.4. The first-order valence-electron chi connectivity index (χ1n) is 16.8. The summed E-state index contributed by atoms with van der Waals surface area (Å²) >= 11 is 0. The number of benzene rings is 5. The first-order chi connectivity index (χ1) is 23.4. The fraction of sp³-hybridized carbons (Fsp3) is 0.261. The predicted octanol–water partition coefficient (Wildman–Crippen LogP) is 12.5. The van der Waals surface area contributed by atoms with Crippen molar-refractivity contribution in [3.63, 3.8) is 0 Å². The zero-order valence-corrected chi connectivity index (χ0v) is 32.2. The second-order valence-electron chi connectivity index (χ2n) is 12.9. The Morgan fingerprint density at radius 3 is 1.69 bits per heavy atom. The Hall–Kier alpha value is -4.75. The lowest BCUT2D eigenvalue weighted by atomic mass is 9.88. The van der Waals surface area contributed by atoms with Crippen LogP contribution in [-0.4, -0.2) is 13.3 Å². The molecule has 2 nitrogen and oxygen atoms in total. The van der Waals surface area contributed by atoms with E-state index in [9.17, 15) is 10.5 Å².